The first-order chi connectivity index (χ1) is 8.08. The van der Waals surface area contributed by atoms with Gasteiger partial charge in [-0.15, -0.1) is 0 Å². The highest BCUT2D eigenvalue weighted by Crippen LogP contribution is 2.29. The van der Waals surface area contributed by atoms with Crippen LogP contribution in [0.1, 0.15) is 32.6 Å². The van der Waals surface area contributed by atoms with Gasteiger partial charge >= 0.3 is 0 Å². The molecule has 1 aliphatic heterocycles. The van der Waals surface area contributed by atoms with E-state index in [2.05, 4.69) is 16.8 Å². The lowest BCUT2D eigenvalue weighted by Crippen LogP contribution is -2.47. The highest BCUT2D eigenvalue weighted by atomic mass is 16.2. The number of hydrogen-bond donors (Lipinski definition) is 1. The standard InChI is InChI=1S/C13H25N3O/c1-10(14)13(17)16(12-5-6-12)9-11-4-3-7-15(2)8-11/h10-12H,3-9,14H2,1-2H3. The van der Waals surface area contributed by atoms with Crippen LogP contribution in [0.4, 0.5) is 0 Å². The molecule has 1 saturated heterocycles. The Balaban J connectivity index is 1.90. The summed E-state index contributed by atoms with van der Waals surface area (Å²) in [6.07, 6.45) is 4.84. The maximum absolute atomic E-state index is 12.1. The van der Waals surface area contributed by atoms with Gasteiger partial charge in [0.15, 0.2) is 0 Å². The number of carbonyl (C=O) groups is 1. The van der Waals surface area contributed by atoms with Crippen molar-refractivity contribution in [2.24, 2.45) is 11.7 Å². The van der Waals surface area contributed by atoms with E-state index in [0.717, 1.165) is 13.1 Å². The molecule has 1 heterocycles. The molecule has 0 spiro atoms. The number of hydrogen-bond acceptors (Lipinski definition) is 3. The molecule has 4 heteroatoms. The second kappa shape index (κ2) is 5.36. The van der Waals surface area contributed by atoms with Crippen molar-refractivity contribution < 1.29 is 4.79 Å². The molecule has 2 unspecified atom stereocenters. The van der Waals surface area contributed by atoms with Crippen molar-refractivity contribution in [3.63, 3.8) is 0 Å². The first kappa shape index (κ1) is 12.8. The van der Waals surface area contributed by atoms with Gasteiger partial charge in [-0.25, -0.2) is 0 Å². The fourth-order valence-corrected chi connectivity index (χ4v) is 2.77. The van der Waals surface area contributed by atoms with Crippen LogP contribution in [0.5, 0.6) is 0 Å². The van der Waals surface area contributed by atoms with Crippen LogP contribution in [0.2, 0.25) is 0 Å². The Morgan fingerprint density at radius 2 is 2.18 bits per heavy atom. The quantitative estimate of drug-likeness (QED) is 0.784. The normalized spacial score (nSPS) is 27.8. The Bertz CT molecular complexity index is 276. The van der Waals surface area contributed by atoms with Gasteiger partial charge in [-0.05, 0) is 52.1 Å². The van der Waals surface area contributed by atoms with Gasteiger partial charge in [0.1, 0.15) is 0 Å². The largest absolute Gasteiger partial charge is 0.338 e. The molecule has 2 fully saturated rings. The SMILES string of the molecule is CC(N)C(=O)N(CC1CCCN(C)C1)C1CC1. The van der Waals surface area contributed by atoms with Crippen molar-refractivity contribution in [3.05, 3.63) is 0 Å². The van der Waals surface area contributed by atoms with Gasteiger partial charge < -0.3 is 15.5 Å². The molecule has 1 saturated carbocycles. The topological polar surface area (TPSA) is 49.6 Å². The molecule has 17 heavy (non-hydrogen) atoms. The molecule has 2 rings (SSSR count). The first-order valence-corrected chi connectivity index (χ1v) is 6.82. The molecule has 2 aliphatic rings. The summed E-state index contributed by atoms with van der Waals surface area (Å²) in [6.45, 7) is 5.02. The van der Waals surface area contributed by atoms with E-state index in [0.29, 0.717) is 12.0 Å². The van der Waals surface area contributed by atoms with Gasteiger partial charge in [-0.3, -0.25) is 4.79 Å². The number of carbonyl (C=O) groups excluding carboxylic acids is 1. The van der Waals surface area contributed by atoms with E-state index in [1.807, 2.05) is 0 Å². The Kier molecular flexibility index (Phi) is 4.05. The average Bonchev–Trinajstić information content (AvgIpc) is 3.09. The van der Waals surface area contributed by atoms with Crippen molar-refractivity contribution in [1.29, 1.82) is 0 Å². The van der Waals surface area contributed by atoms with Crippen LogP contribution in [0.15, 0.2) is 0 Å². The van der Waals surface area contributed by atoms with E-state index in [4.69, 9.17) is 5.73 Å². The Morgan fingerprint density at radius 1 is 1.47 bits per heavy atom. The fraction of sp³-hybridized carbons (Fsp3) is 0.923. The van der Waals surface area contributed by atoms with E-state index < -0.39 is 0 Å². The zero-order valence-electron chi connectivity index (χ0n) is 11.1. The molecule has 98 valence electrons. The lowest BCUT2D eigenvalue weighted by atomic mass is 9.97. The minimum Gasteiger partial charge on any atom is -0.338 e. The predicted molar refractivity (Wildman–Crippen MR) is 68.6 cm³/mol. The van der Waals surface area contributed by atoms with Crippen LogP contribution < -0.4 is 5.73 Å². The van der Waals surface area contributed by atoms with Gasteiger partial charge in [0.25, 0.3) is 0 Å². The molecule has 0 aromatic heterocycles. The maximum atomic E-state index is 12.1. The number of nitrogens with two attached hydrogens (primary N) is 1. The Morgan fingerprint density at radius 3 is 2.71 bits per heavy atom. The summed E-state index contributed by atoms with van der Waals surface area (Å²) in [5, 5.41) is 0. The van der Waals surface area contributed by atoms with Crippen LogP contribution in [-0.4, -0.2) is 54.5 Å². The van der Waals surface area contributed by atoms with Gasteiger partial charge in [0, 0.05) is 19.1 Å². The maximum Gasteiger partial charge on any atom is 0.239 e. The molecule has 0 bridgehead atoms. The number of likely N-dealkylation sites (tertiary alicyclic amines) is 1. The third-order valence-electron chi connectivity index (χ3n) is 3.84. The van der Waals surface area contributed by atoms with Crippen LogP contribution >= 0.6 is 0 Å². The van der Waals surface area contributed by atoms with Gasteiger partial charge in [-0.2, -0.15) is 0 Å². The number of rotatable bonds is 4. The molecule has 2 atom stereocenters. The molecule has 0 radical (unpaired) electrons. The van der Waals surface area contributed by atoms with Crippen molar-refractivity contribution >= 4 is 5.91 Å². The molecular formula is C13H25N3O. The smallest absolute Gasteiger partial charge is 0.239 e. The highest BCUT2D eigenvalue weighted by molar-refractivity contribution is 5.81. The van der Waals surface area contributed by atoms with Gasteiger partial charge in [-0.1, -0.05) is 0 Å². The summed E-state index contributed by atoms with van der Waals surface area (Å²) in [7, 11) is 2.17. The Labute approximate surface area is 104 Å². The molecule has 0 aromatic carbocycles. The van der Waals surface area contributed by atoms with Crippen LogP contribution in [0, 0.1) is 5.92 Å². The van der Waals surface area contributed by atoms with Crippen molar-refractivity contribution in [2.45, 2.75) is 44.7 Å². The van der Waals surface area contributed by atoms with Crippen LogP contribution in [0.3, 0.4) is 0 Å². The minimum absolute atomic E-state index is 0.140. The second-order valence-corrected chi connectivity index (χ2v) is 5.78. The third kappa shape index (κ3) is 3.42. The summed E-state index contributed by atoms with van der Waals surface area (Å²) in [5.74, 6) is 0.776. The predicted octanol–water partition coefficient (Wildman–Crippen LogP) is 0.666. The number of amides is 1. The molecule has 0 aromatic rings. The third-order valence-corrected chi connectivity index (χ3v) is 3.84. The lowest BCUT2D eigenvalue weighted by Gasteiger charge is -2.34. The molecular weight excluding hydrogens is 214 g/mol. The van der Waals surface area contributed by atoms with Crippen molar-refractivity contribution in [1.82, 2.24) is 9.80 Å². The van der Waals surface area contributed by atoms with E-state index in [-0.39, 0.29) is 11.9 Å². The van der Waals surface area contributed by atoms with E-state index >= 15 is 0 Å². The van der Waals surface area contributed by atoms with E-state index in [1.54, 1.807) is 6.92 Å². The van der Waals surface area contributed by atoms with E-state index in [1.165, 1.54) is 32.2 Å². The molecule has 4 nitrogen and oxygen atoms in total. The molecule has 1 aliphatic carbocycles. The summed E-state index contributed by atoms with van der Waals surface area (Å²) in [4.78, 5) is 16.5. The van der Waals surface area contributed by atoms with Gasteiger partial charge in [0.05, 0.1) is 6.04 Å². The Hall–Kier alpha value is -0.610. The second-order valence-electron chi connectivity index (χ2n) is 5.78. The van der Waals surface area contributed by atoms with Gasteiger partial charge in [0.2, 0.25) is 5.91 Å². The summed E-state index contributed by atoms with van der Waals surface area (Å²) in [6, 6.07) is 0.137. The zero-order chi connectivity index (χ0) is 12.4. The monoisotopic (exact) mass is 239 g/mol. The molecule has 1 amide bonds. The highest BCUT2D eigenvalue weighted by Gasteiger charge is 2.35. The zero-order valence-corrected chi connectivity index (χ0v) is 11.1. The fourth-order valence-electron chi connectivity index (χ4n) is 2.77. The minimum atomic E-state index is -0.350. The average molecular weight is 239 g/mol. The van der Waals surface area contributed by atoms with Crippen LogP contribution in [0.25, 0.3) is 0 Å². The lowest BCUT2D eigenvalue weighted by molar-refractivity contribution is -0.133. The van der Waals surface area contributed by atoms with Crippen LogP contribution in [-0.2, 0) is 4.79 Å². The number of piperidine rings is 1. The number of nitrogens with zero attached hydrogens (tertiary/aromatic N) is 2. The van der Waals surface area contributed by atoms with E-state index in [9.17, 15) is 4.79 Å². The molecule has 2 N–H and O–H groups in total. The summed E-state index contributed by atoms with van der Waals surface area (Å²) in [5.41, 5.74) is 5.73. The summed E-state index contributed by atoms with van der Waals surface area (Å²) < 4.78 is 0. The first-order valence-electron chi connectivity index (χ1n) is 6.82. The van der Waals surface area contributed by atoms with Crippen molar-refractivity contribution in [2.75, 3.05) is 26.7 Å². The van der Waals surface area contributed by atoms with Crippen molar-refractivity contribution in [3.8, 4) is 0 Å². The summed E-state index contributed by atoms with van der Waals surface area (Å²) >= 11 is 0.